The maximum absolute atomic E-state index is 3.28. The van der Waals surface area contributed by atoms with Gasteiger partial charge < -0.3 is 9.80 Å². The largest absolute Gasteiger partial charge is 0.325 e. The average Bonchev–Trinajstić information content (AvgIpc) is 2.36. The van der Waals surface area contributed by atoms with Crippen LogP contribution in [0, 0.1) is 0 Å². The molecular weight excluding hydrogens is 184 g/mol. The average molecular weight is 215 g/mol. The van der Waals surface area contributed by atoms with Gasteiger partial charge in [-0.05, 0) is 53.6 Å². The van der Waals surface area contributed by atoms with E-state index < -0.39 is 0 Å². The molecule has 1 saturated heterocycles. The molecule has 1 aliphatic rings. The van der Waals surface area contributed by atoms with Crippen LogP contribution in [-0.4, -0.2) is 43.8 Å². The van der Waals surface area contributed by atoms with Crippen LogP contribution in [0.1, 0.15) is 47.0 Å². The minimum absolute atomic E-state index is 1.25. The van der Waals surface area contributed by atoms with Crippen molar-refractivity contribution in [3.8, 4) is 0 Å². The van der Waals surface area contributed by atoms with Crippen LogP contribution < -0.4 is 5.32 Å². The van der Waals surface area contributed by atoms with E-state index >= 15 is 0 Å². The van der Waals surface area contributed by atoms with Gasteiger partial charge in [0, 0.05) is 0 Å². The molecule has 0 aromatic heterocycles. The molecule has 0 atom stereocenters. The molecule has 2 heteroatoms. The Hall–Kier alpha value is -0.0800. The second-order valence-corrected chi connectivity index (χ2v) is 4.42. The molecule has 1 aliphatic heterocycles. The van der Waals surface area contributed by atoms with Crippen LogP contribution in [0.25, 0.3) is 0 Å². The first kappa shape index (κ1) is 14.9. The summed E-state index contributed by atoms with van der Waals surface area (Å²) in [6, 6.07) is 0. The lowest BCUT2D eigenvalue weighted by Crippen LogP contribution is -2.47. The Labute approximate surface area is 96.6 Å². The van der Waals surface area contributed by atoms with Crippen molar-refractivity contribution in [2.24, 2.45) is 0 Å². The number of hydrogen-bond donors (Lipinski definition) is 1. The lowest BCUT2D eigenvalue weighted by molar-refractivity contribution is -0.921. The summed E-state index contributed by atoms with van der Waals surface area (Å²) >= 11 is 0. The fourth-order valence-corrected chi connectivity index (χ4v) is 2.14. The third kappa shape index (κ3) is 6.16. The number of piperidine rings is 1. The van der Waals surface area contributed by atoms with Crippen molar-refractivity contribution < 1.29 is 4.48 Å². The van der Waals surface area contributed by atoms with Gasteiger partial charge in [0.15, 0.2) is 0 Å². The van der Waals surface area contributed by atoms with E-state index in [1.165, 1.54) is 63.0 Å². The predicted octanol–water partition coefficient (Wildman–Crippen LogP) is 2.64. The summed E-state index contributed by atoms with van der Waals surface area (Å²) in [6.07, 6.45) is 4.22. The maximum atomic E-state index is 3.28. The van der Waals surface area contributed by atoms with E-state index in [1.807, 2.05) is 0 Å². The molecule has 0 radical (unpaired) electrons. The van der Waals surface area contributed by atoms with Crippen LogP contribution in [-0.2, 0) is 0 Å². The normalized spacial score (nSPS) is 16.8. The molecule has 0 bridgehead atoms. The SMILES string of the molecule is C1CCNCC1.CC[N+](CC)(CC)CC. The molecule has 1 N–H and O–H groups in total. The Morgan fingerprint density at radius 3 is 1.20 bits per heavy atom. The van der Waals surface area contributed by atoms with Gasteiger partial charge in [-0.1, -0.05) is 6.42 Å². The summed E-state index contributed by atoms with van der Waals surface area (Å²) in [6.45, 7) is 16.7. The molecule has 0 saturated carbocycles. The first-order valence-corrected chi connectivity index (χ1v) is 6.80. The zero-order valence-corrected chi connectivity index (χ0v) is 11.3. The van der Waals surface area contributed by atoms with Gasteiger partial charge in [-0.3, -0.25) is 0 Å². The number of nitrogens with zero attached hydrogens (tertiary/aromatic N) is 1. The minimum Gasteiger partial charge on any atom is -0.325 e. The van der Waals surface area contributed by atoms with Crippen LogP contribution in [0.15, 0.2) is 0 Å². The van der Waals surface area contributed by atoms with Crippen LogP contribution in [0.5, 0.6) is 0 Å². The van der Waals surface area contributed by atoms with Crippen molar-refractivity contribution in [2.45, 2.75) is 47.0 Å². The molecule has 0 aromatic rings. The van der Waals surface area contributed by atoms with E-state index in [2.05, 4.69) is 33.0 Å². The van der Waals surface area contributed by atoms with Gasteiger partial charge in [-0.2, -0.15) is 0 Å². The van der Waals surface area contributed by atoms with E-state index in [0.29, 0.717) is 0 Å². The first-order chi connectivity index (χ1) is 7.24. The van der Waals surface area contributed by atoms with Crippen molar-refractivity contribution in [2.75, 3.05) is 39.3 Å². The fourth-order valence-electron chi connectivity index (χ4n) is 2.14. The Morgan fingerprint density at radius 1 is 0.733 bits per heavy atom. The summed E-state index contributed by atoms with van der Waals surface area (Å²) in [5.41, 5.74) is 0. The van der Waals surface area contributed by atoms with Gasteiger partial charge in [0.05, 0.1) is 26.2 Å². The Morgan fingerprint density at radius 2 is 1.13 bits per heavy atom. The van der Waals surface area contributed by atoms with Crippen LogP contribution >= 0.6 is 0 Å². The predicted molar refractivity (Wildman–Crippen MR) is 69.1 cm³/mol. The summed E-state index contributed by atoms with van der Waals surface area (Å²) in [4.78, 5) is 0. The highest BCUT2D eigenvalue weighted by atomic mass is 15.3. The Balaban J connectivity index is 0.000000280. The third-order valence-corrected chi connectivity index (χ3v) is 3.89. The molecule has 92 valence electrons. The molecule has 0 amide bonds. The lowest BCUT2D eigenvalue weighted by Gasteiger charge is -2.34. The lowest BCUT2D eigenvalue weighted by atomic mass is 10.2. The summed E-state index contributed by atoms with van der Waals surface area (Å²) in [5.74, 6) is 0. The zero-order chi connectivity index (χ0) is 11.6. The standard InChI is InChI=1S/C8H20N.C5H11N/c1-5-9(6-2,7-3)8-4;1-2-4-6-5-3-1/h5-8H2,1-4H3;6H,1-5H2/q+1;. The fraction of sp³-hybridized carbons (Fsp3) is 1.00. The van der Waals surface area contributed by atoms with E-state index in [9.17, 15) is 0 Å². The zero-order valence-electron chi connectivity index (χ0n) is 11.3. The van der Waals surface area contributed by atoms with Crippen molar-refractivity contribution in [1.29, 1.82) is 0 Å². The molecule has 1 rings (SSSR count). The van der Waals surface area contributed by atoms with Gasteiger partial charge in [-0.25, -0.2) is 0 Å². The van der Waals surface area contributed by atoms with Gasteiger partial charge in [0.1, 0.15) is 0 Å². The van der Waals surface area contributed by atoms with Crippen molar-refractivity contribution in [1.82, 2.24) is 5.32 Å². The van der Waals surface area contributed by atoms with Crippen molar-refractivity contribution >= 4 is 0 Å². The van der Waals surface area contributed by atoms with E-state index in [-0.39, 0.29) is 0 Å². The van der Waals surface area contributed by atoms with Crippen LogP contribution in [0.2, 0.25) is 0 Å². The van der Waals surface area contributed by atoms with Crippen LogP contribution in [0.4, 0.5) is 0 Å². The van der Waals surface area contributed by atoms with Crippen molar-refractivity contribution in [3.63, 3.8) is 0 Å². The summed E-state index contributed by atoms with van der Waals surface area (Å²) < 4.78 is 1.28. The summed E-state index contributed by atoms with van der Waals surface area (Å²) in [5, 5.41) is 3.28. The topological polar surface area (TPSA) is 12.0 Å². The quantitative estimate of drug-likeness (QED) is 0.711. The number of rotatable bonds is 4. The molecule has 2 nitrogen and oxygen atoms in total. The monoisotopic (exact) mass is 215 g/mol. The highest BCUT2D eigenvalue weighted by Gasteiger charge is 2.16. The summed E-state index contributed by atoms with van der Waals surface area (Å²) in [7, 11) is 0. The molecule has 0 spiro atoms. The van der Waals surface area contributed by atoms with Gasteiger partial charge in [0.2, 0.25) is 0 Å². The minimum atomic E-state index is 1.25. The van der Waals surface area contributed by atoms with Crippen LogP contribution in [0.3, 0.4) is 0 Å². The van der Waals surface area contributed by atoms with Gasteiger partial charge in [0.25, 0.3) is 0 Å². The molecule has 0 aromatic carbocycles. The van der Waals surface area contributed by atoms with Crippen molar-refractivity contribution in [3.05, 3.63) is 0 Å². The van der Waals surface area contributed by atoms with E-state index in [4.69, 9.17) is 0 Å². The third-order valence-electron chi connectivity index (χ3n) is 3.89. The van der Waals surface area contributed by atoms with Gasteiger partial charge >= 0.3 is 0 Å². The Bertz CT molecular complexity index is 97.5. The number of quaternary nitrogens is 1. The molecule has 15 heavy (non-hydrogen) atoms. The molecular formula is C13H31N2+. The molecule has 0 unspecified atom stereocenters. The second kappa shape index (κ2) is 9.17. The second-order valence-electron chi connectivity index (χ2n) is 4.42. The molecule has 1 fully saturated rings. The van der Waals surface area contributed by atoms with Gasteiger partial charge in [-0.15, -0.1) is 0 Å². The maximum Gasteiger partial charge on any atom is 0.0757 e. The number of nitrogens with one attached hydrogen (secondary N) is 1. The van der Waals surface area contributed by atoms with E-state index in [0.717, 1.165) is 0 Å². The first-order valence-electron chi connectivity index (χ1n) is 6.80. The highest BCUT2D eigenvalue weighted by molar-refractivity contribution is 4.55. The highest BCUT2D eigenvalue weighted by Crippen LogP contribution is 2.03. The molecule has 1 heterocycles. The smallest absolute Gasteiger partial charge is 0.0757 e. The van der Waals surface area contributed by atoms with E-state index in [1.54, 1.807) is 0 Å². The molecule has 0 aliphatic carbocycles. The number of hydrogen-bond acceptors (Lipinski definition) is 1. The Kier molecular flexibility index (Phi) is 9.12.